The number of hydrogen-bond acceptors (Lipinski definition) is 16. The summed E-state index contributed by atoms with van der Waals surface area (Å²) in [4.78, 5) is 121. The number of carbonyl (C=O) groups is 6. The van der Waals surface area contributed by atoms with Gasteiger partial charge in [-0.15, -0.1) is 0 Å². The summed E-state index contributed by atoms with van der Waals surface area (Å²) in [5.74, 6) is -4.83. The van der Waals surface area contributed by atoms with Gasteiger partial charge < -0.3 is 56.7 Å². The minimum absolute atomic E-state index is 0.0251. The zero-order valence-electron chi connectivity index (χ0n) is 47.0. The van der Waals surface area contributed by atoms with Crippen molar-refractivity contribution in [3.05, 3.63) is 127 Å². The summed E-state index contributed by atoms with van der Waals surface area (Å²) in [5.41, 5.74) is 15.6. The number of carboxylic acids is 2. The standard InChI is InChI=1S/C59H67N13O11/c1-8-37-29(3)42-23-44-31(5)39(52(68-44)40(22-50(76)77)53-51(58(80)81)32(6)45(69-53)25-47-38(9-2)30(4)43(67-47)24-46(37)66-42)14-16-48(74)61-18-19-82-20-21-83-28-64-49(75)17-15-41(33(7)73)70-56(78)34-10-12-35(13-11-34)62-26-36-27-63-55-54(65-36)57(79)72-59(60)71-55/h8,10-13,23-25,27,31,39,41,62,66-67H,1,9,14-22,26,28H2,2-7H3,(H,61,74)(H,64,75)(H,70,78)(H,76,77)(H,80,81)(H3,60,63,71,72,79). The molecule has 3 atom stereocenters. The number of H-pyrrole nitrogens is 3. The first kappa shape index (κ1) is 59.7. The first-order valence-electron chi connectivity index (χ1n) is 27.2. The lowest BCUT2D eigenvalue weighted by atomic mass is 9.84. The third kappa shape index (κ3) is 14.0. The molecule has 6 aromatic rings. The Morgan fingerprint density at radius 3 is 2.28 bits per heavy atom. The number of aryl methyl sites for hydroxylation is 3. The molecule has 3 amide bonds. The number of carbonyl (C=O) groups excluding carboxylic acids is 4. The summed E-state index contributed by atoms with van der Waals surface area (Å²) in [7, 11) is 0. The van der Waals surface area contributed by atoms with E-state index in [-0.39, 0.29) is 122 Å². The fourth-order valence-corrected chi connectivity index (χ4v) is 10.3. The van der Waals surface area contributed by atoms with Gasteiger partial charge in [0.25, 0.3) is 11.5 Å². The lowest BCUT2D eigenvalue weighted by Crippen LogP contribution is -2.40. The Morgan fingerprint density at radius 1 is 0.843 bits per heavy atom. The van der Waals surface area contributed by atoms with Gasteiger partial charge in [0.15, 0.2) is 16.9 Å². The van der Waals surface area contributed by atoms with E-state index in [2.05, 4.69) is 57.7 Å². The third-order valence-electron chi connectivity index (χ3n) is 14.8. The zero-order valence-corrected chi connectivity index (χ0v) is 47.0. The van der Waals surface area contributed by atoms with Gasteiger partial charge in [0.05, 0.1) is 73.4 Å². The molecule has 24 nitrogen and oxygen atoms in total. The van der Waals surface area contributed by atoms with Crippen LogP contribution in [0.25, 0.3) is 50.5 Å². The number of aromatic amines is 3. The fourth-order valence-electron chi connectivity index (χ4n) is 10.3. The number of ketones is 1. The number of allylic oxidation sites excluding steroid dienone is 1. The van der Waals surface area contributed by atoms with Gasteiger partial charge >= 0.3 is 11.9 Å². The van der Waals surface area contributed by atoms with Crippen LogP contribution in [-0.4, -0.2) is 125 Å². The van der Waals surface area contributed by atoms with Gasteiger partial charge in [-0.3, -0.25) is 38.7 Å². The number of rotatable bonds is 25. The number of fused-ring (bicyclic) bond motifs is 9. The van der Waals surface area contributed by atoms with E-state index in [9.17, 15) is 43.8 Å². The maximum Gasteiger partial charge on any atom is 0.338 e. The van der Waals surface area contributed by atoms with Gasteiger partial charge in [-0.25, -0.2) is 19.7 Å². The Morgan fingerprint density at radius 2 is 1.57 bits per heavy atom. The van der Waals surface area contributed by atoms with Gasteiger partial charge in [0.2, 0.25) is 17.8 Å². The predicted molar refractivity (Wildman–Crippen MR) is 312 cm³/mol. The number of benzene rings is 1. The lowest BCUT2D eigenvalue weighted by Gasteiger charge is -2.18. The third-order valence-corrected chi connectivity index (χ3v) is 14.8. The highest BCUT2D eigenvalue weighted by Gasteiger charge is 2.36. The predicted octanol–water partition coefficient (Wildman–Crippen LogP) is 6.06. The number of nitrogens with zero attached hydrogens (tertiary/aromatic N) is 5. The first-order valence-corrected chi connectivity index (χ1v) is 27.2. The second kappa shape index (κ2) is 26.4. The Kier molecular flexibility index (Phi) is 19.0. The monoisotopic (exact) mass is 1130 g/mol. The van der Waals surface area contributed by atoms with E-state index in [1.165, 1.54) is 13.1 Å². The van der Waals surface area contributed by atoms with Crippen molar-refractivity contribution >= 4 is 97.5 Å². The summed E-state index contributed by atoms with van der Waals surface area (Å²) >= 11 is 0. The maximum atomic E-state index is 13.4. The number of nitrogens with one attached hydrogen (secondary N) is 7. The highest BCUT2D eigenvalue weighted by atomic mass is 16.5. The second-order valence-corrected chi connectivity index (χ2v) is 20.3. The van der Waals surface area contributed by atoms with E-state index in [0.717, 1.165) is 44.3 Å². The van der Waals surface area contributed by atoms with Gasteiger partial charge in [-0.05, 0) is 112 Å². The van der Waals surface area contributed by atoms with E-state index in [1.807, 2.05) is 45.9 Å². The molecule has 0 radical (unpaired) electrons. The molecule has 2 aliphatic rings. The van der Waals surface area contributed by atoms with E-state index in [1.54, 1.807) is 37.3 Å². The number of nitrogen functional groups attached to an aromatic ring is 1. The fraction of sp³-hybridized carbons (Fsp3) is 0.356. The zero-order chi connectivity index (χ0) is 59.6. The Bertz CT molecular complexity index is 3810. The Balaban J connectivity index is 0.810. The van der Waals surface area contributed by atoms with E-state index < -0.39 is 47.7 Å². The van der Waals surface area contributed by atoms with Gasteiger partial charge in [-0.1, -0.05) is 26.5 Å². The van der Waals surface area contributed by atoms with Crippen LogP contribution in [0.3, 0.4) is 0 Å². The van der Waals surface area contributed by atoms with E-state index >= 15 is 0 Å². The Labute approximate surface area is 476 Å². The van der Waals surface area contributed by atoms with Crippen LogP contribution in [0.15, 0.2) is 60.0 Å². The quantitative estimate of drug-likeness (QED) is 0.0230. The van der Waals surface area contributed by atoms with Crippen molar-refractivity contribution in [2.45, 2.75) is 104 Å². The summed E-state index contributed by atoms with van der Waals surface area (Å²) < 4.78 is 11.1. The highest BCUT2D eigenvalue weighted by Crippen LogP contribution is 2.44. The first-order chi connectivity index (χ1) is 39.7. The van der Waals surface area contributed by atoms with E-state index in [0.29, 0.717) is 40.5 Å². The molecule has 24 heteroatoms. The van der Waals surface area contributed by atoms with Gasteiger partial charge in [0, 0.05) is 81.4 Å². The smallest absolute Gasteiger partial charge is 0.338 e. The molecule has 3 unspecified atom stereocenters. The van der Waals surface area contributed by atoms with Crippen LogP contribution in [0.5, 0.6) is 0 Å². The van der Waals surface area contributed by atoms with Crippen molar-refractivity contribution < 1.29 is 48.5 Å². The topological polar surface area (TPSA) is 364 Å². The normalized spacial score (nSPS) is 14.3. The molecular weight excluding hydrogens is 1070 g/mol. The molecule has 8 rings (SSSR count). The van der Waals surface area contributed by atoms with Gasteiger partial charge in [-0.2, -0.15) is 4.98 Å². The molecule has 0 fully saturated rings. The molecule has 0 spiro atoms. The van der Waals surface area contributed by atoms with Crippen molar-refractivity contribution in [1.29, 1.82) is 0 Å². The number of aromatic nitrogens is 8. The SMILES string of the molecule is C=Cc1c(C)c2cc3nc(c(CC(=O)O)c4nc(cc5[nH]c(cc1[nH]2)c(C)c5CC)C(C)=C4C(=O)O)C(CCC(=O)NCCOCCOCNC(=O)CCC(NC(=O)c1ccc(NCc2cnc4nc(N)[nH]c(=O)c4n2)cc1)C(C)=O)C3C. The van der Waals surface area contributed by atoms with Crippen molar-refractivity contribution in [2.75, 3.05) is 44.1 Å². The molecule has 8 bridgehead atoms. The summed E-state index contributed by atoms with van der Waals surface area (Å²) in [6.45, 7) is 15.8. The van der Waals surface area contributed by atoms with Crippen LogP contribution in [0.2, 0.25) is 0 Å². The summed E-state index contributed by atoms with van der Waals surface area (Å²) in [5, 5.41) is 32.3. The molecule has 1 aromatic carbocycles. The Hall–Kier alpha value is -9.42. The summed E-state index contributed by atoms with van der Waals surface area (Å²) in [6, 6.07) is 11.3. The average Bonchev–Trinajstić information content (AvgIpc) is 3.98. The maximum absolute atomic E-state index is 13.4. The number of aliphatic carboxylic acids is 2. The number of nitrogens with two attached hydrogens (primary N) is 1. The molecule has 83 heavy (non-hydrogen) atoms. The van der Waals surface area contributed by atoms with Crippen molar-refractivity contribution in [3.8, 4) is 0 Å². The highest BCUT2D eigenvalue weighted by molar-refractivity contribution is 6.24. The number of amides is 3. The van der Waals surface area contributed by atoms with Gasteiger partial charge in [0.1, 0.15) is 6.73 Å². The minimum atomic E-state index is -1.25. The average molecular weight is 1130 g/mol. The van der Waals surface area contributed by atoms with Crippen LogP contribution in [0.1, 0.15) is 132 Å². The number of carboxylic acid groups (broad SMARTS) is 2. The summed E-state index contributed by atoms with van der Waals surface area (Å²) in [6.07, 6.45) is 3.66. The minimum Gasteiger partial charge on any atom is -0.481 e. The number of anilines is 2. The molecule has 7 heterocycles. The largest absolute Gasteiger partial charge is 0.481 e. The van der Waals surface area contributed by atoms with Crippen molar-refractivity contribution in [1.82, 2.24) is 55.8 Å². The molecule has 0 saturated heterocycles. The number of ether oxygens (including phenoxy) is 2. The molecule has 2 aliphatic heterocycles. The molecule has 11 N–H and O–H groups in total. The second-order valence-electron chi connectivity index (χ2n) is 20.3. The van der Waals surface area contributed by atoms with Crippen LogP contribution in [-0.2, 0) is 52.8 Å². The lowest BCUT2D eigenvalue weighted by molar-refractivity contribution is -0.136. The molecule has 434 valence electrons. The van der Waals surface area contributed by atoms with E-state index in [4.69, 9.17) is 25.2 Å². The number of hydrogen-bond donors (Lipinski definition) is 10. The van der Waals surface area contributed by atoms with Crippen LogP contribution < -0.4 is 32.6 Å². The van der Waals surface area contributed by atoms with Crippen LogP contribution in [0.4, 0.5) is 11.6 Å². The van der Waals surface area contributed by atoms with Crippen LogP contribution >= 0.6 is 0 Å². The van der Waals surface area contributed by atoms with Crippen molar-refractivity contribution in [2.24, 2.45) is 0 Å². The molecule has 5 aromatic heterocycles. The molecular formula is C59H67N13O11. The number of Topliss-reactive ketones (excluding diaryl/α,β-unsaturated/α-hetero) is 1. The van der Waals surface area contributed by atoms with Crippen LogP contribution in [0, 0.1) is 13.8 Å². The molecule has 0 saturated carbocycles. The molecule has 0 aliphatic carbocycles. The van der Waals surface area contributed by atoms with Crippen molar-refractivity contribution in [3.63, 3.8) is 0 Å².